The van der Waals surface area contributed by atoms with Crippen molar-refractivity contribution in [2.24, 2.45) is 0 Å². The zero-order chi connectivity index (χ0) is 14.8. The van der Waals surface area contributed by atoms with Gasteiger partial charge in [0, 0.05) is 5.56 Å². The van der Waals surface area contributed by atoms with Crippen LogP contribution in [0.3, 0.4) is 0 Å². The molecule has 0 N–H and O–H groups in total. The van der Waals surface area contributed by atoms with Gasteiger partial charge in [-0.25, -0.2) is 0 Å². The third-order valence-corrected chi connectivity index (χ3v) is 3.86. The summed E-state index contributed by atoms with van der Waals surface area (Å²) in [4.78, 5) is 12.9. The summed E-state index contributed by atoms with van der Waals surface area (Å²) >= 11 is 0. The molecule has 0 fully saturated rings. The number of rotatable bonds is 4. The maximum atomic E-state index is 11.3. The monoisotopic (exact) mass is 279 g/mol. The van der Waals surface area contributed by atoms with Crippen LogP contribution in [0.1, 0.15) is 42.1 Å². The fourth-order valence-corrected chi connectivity index (χ4v) is 2.34. The Kier molecular flexibility index (Phi) is 3.52. The zero-order valence-electron chi connectivity index (χ0n) is 12.2. The molecule has 4 nitrogen and oxygen atoms in total. The molecule has 3 aromatic rings. The molecule has 0 saturated heterocycles. The van der Waals surface area contributed by atoms with Gasteiger partial charge in [-0.15, -0.1) is 15.0 Å². The van der Waals surface area contributed by atoms with E-state index in [1.165, 1.54) is 5.56 Å². The summed E-state index contributed by atoms with van der Waals surface area (Å²) in [6.45, 7) is 4.32. The Morgan fingerprint density at radius 3 is 2.38 bits per heavy atom. The number of nitrogens with zero attached hydrogens (tertiary/aromatic N) is 3. The molecular weight excluding hydrogens is 262 g/mol. The Labute approximate surface area is 123 Å². The minimum atomic E-state index is 0.439. The standard InChI is InChI=1S/C17H17N3O/c1-3-12(2)13-8-9-14(11-21)17(10-13)20-18-15-6-4-5-7-16(15)19-20/h4-12H,3H2,1-2H3. The Morgan fingerprint density at radius 1 is 1.14 bits per heavy atom. The van der Waals surface area contributed by atoms with Gasteiger partial charge in [0.15, 0.2) is 6.29 Å². The minimum Gasteiger partial charge on any atom is -0.298 e. The number of hydrogen-bond acceptors (Lipinski definition) is 3. The second kappa shape index (κ2) is 5.48. The van der Waals surface area contributed by atoms with Gasteiger partial charge in [-0.3, -0.25) is 4.79 Å². The summed E-state index contributed by atoms with van der Waals surface area (Å²) in [6.07, 6.45) is 1.90. The molecule has 0 radical (unpaired) electrons. The summed E-state index contributed by atoms with van der Waals surface area (Å²) in [7, 11) is 0. The first-order chi connectivity index (χ1) is 10.2. The molecule has 4 heteroatoms. The first-order valence-electron chi connectivity index (χ1n) is 7.14. The van der Waals surface area contributed by atoms with Crippen LogP contribution in [-0.2, 0) is 0 Å². The van der Waals surface area contributed by atoms with Crippen LogP contribution in [0.4, 0.5) is 0 Å². The number of carbonyl (C=O) groups excluding carboxylic acids is 1. The molecule has 2 aromatic carbocycles. The molecule has 1 aromatic heterocycles. The number of benzene rings is 2. The highest BCUT2D eigenvalue weighted by Gasteiger charge is 2.12. The van der Waals surface area contributed by atoms with Crippen molar-refractivity contribution in [3.63, 3.8) is 0 Å². The van der Waals surface area contributed by atoms with E-state index in [2.05, 4.69) is 24.0 Å². The van der Waals surface area contributed by atoms with Crippen LogP contribution in [-0.4, -0.2) is 21.3 Å². The van der Waals surface area contributed by atoms with Crippen molar-refractivity contribution in [2.45, 2.75) is 26.2 Å². The topological polar surface area (TPSA) is 47.8 Å². The lowest BCUT2D eigenvalue weighted by Gasteiger charge is -2.11. The van der Waals surface area contributed by atoms with Gasteiger partial charge in [0.25, 0.3) is 0 Å². The van der Waals surface area contributed by atoms with Gasteiger partial charge in [0.05, 0.1) is 5.69 Å². The fraction of sp³-hybridized carbons (Fsp3) is 0.235. The average Bonchev–Trinajstić information content (AvgIpc) is 2.97. The molecule has 0 aliphatic rings. The first kappa shape index (κ1) is 13.5. The molecule has 21 heavy (non-hydrogen) atoms. The van der Waals surface area contributed by atoms with Gasteiger partial charge >= 0.3 is 0 Å². The summed E-state index contributed by atoms with van der Waals surface area (Å²) in [5.41, 5.74) is 4.17. The van der Waals surface area contributed by atoms with E-state index < -0.39 is 0 Å². The van der Waals surface area contributed by atoms with Crippen LogP contribution >= 0.6 is 0 Å². The lowest BCUT2D eigenvalue weighted by Crippen LogP contribution is -2.05. The molecule has 1 unspecified atom stereocenters. The Bertz CT molecular complexity index is 759. The highest BCUT2D eigenvalue weighted by molar-refractivity contribution is 5.81. The maximum Gasteiger partial charge on any atom is 0.152 e. The predicted octanol–water partition coefficient (Wildman–Crippen LogP) is 3.75. The van der Waals surface area contributed by atoms with Crippen molar-refractivity contribution in [1.82, 2.24) is 15.0 Å². The van der Waals surface area contributed by atoms with E-state index in [1.807, 2.05) is 42.5 Å². The second-order valence-corrected chi connectivity index (χ2v) is 5.22. The van der Waals surface area contributed by atoms with E-state index in [-0.39, 0.29) is 0 Å². The van der Waals surface area contributed by atoms with Crippen LogP contribution in [0.25, 0.3) is 16.7 Å². The van der Waals surface area contributed by atoms with Crippen molar-refractivity contribution >= 4 is 17.3 Å². The maximum absolute atomic E-state index is 11.3. The zero-order valence-corrected chi connectivity index (χ0v) is 12.2. The molecule has 0 bridgehead atoms. The molecule has 0 amide bonds. The number of aromatic nitrogens is 3. The van der Waals surface area contributed by atoms with Crippen LogP contribution in [0.15, 0.2) is 42.5 Å². The molecule has 1 atom stereocenters. The van der Waals surface area contributed by atoms with Crippen molar-refractivity contribution < 1.29 is 4.79 Å². The third kappa shape index (κ3) is 2.44. The summed E-state index contributed by atoms with van der Waals surface area (Å²) in [5.74, 6) is 0.439. The second-order valence-electron chi connectivity index (χ2n) is 5.22. The van der Waals surface area contributed by atoms with Gasteiger partial charge in [0.2, 0.25) is 0 Å². The quantitative estimate of drug-likeness (QED) is 0.683. The lowest BCUT2D eigenvalue weighted by atomic mass is 9.97. The minimum absolute atomic E-state index is 0.439. The number of carbonyl (C=O) groups is 1. The molecule has 106 valence electrons. The predicted molar refractivity (Wildman–Crippen MR) is 83.0 cm³/mol. The normalized spacial score (nSPS) is 12.5. The highest BCUT2D eigenvalue weighted by Crippen LogP contribution is 2.23. The number of aldehydes is 1. The SMILES string of the molecule is CCC(C)c1ccc(C=O)c(-n2nc3ccccc3n2)c1. The summed E-state index contributed by atoms with van der Waals surface area (Å²) in [5, 5.41) is 8.93. The van der Waals surface area contributed by atoms with Gasteiger partial charge in [-0.1, -0.05) is 32.0 Å². The van der Waals surface area contributed by atoms with Crippen molar-refractivity contribution in [1.29, 1.82) is 0 Å². The van der Waals surface area contributed by atoms with Gasteiger partial charge < -0.3 is 0 Å². The third-order valence-electron chi connectivity index (χ3n) is 3.86. The van der Waals surface area contributed by atoms with Crippen LogP contribution in [0.5, 0.6) is 0 Å². The molecule has 1 heterocycles. The molecule has 0 aliphatic heterocycles. The van der Waals surface area contributed by atoms with Crippen molar-refractivity contribution in [3.8, 4) is 5.69 Å². The Morgan fingerprint density at radius 2 is 1.81 bits per heavy atom. The van der Waals surface area contributed by atoms with Gasteiger partial charge in [-0.2, -0.15) is 0 Å². The van der Waals surface area contributed by atoms with E-state index >= 15 is 0 Å². The first-order valence-corrected chi connectivity index (χ1v) is 7.14. The smallest absolute Gasteiger partial charge is 0.152 e. The Balaban J connectivity index is 2.16. The number of fused-ring (bicyclic) bond motifs is 1. The summed E-state index contributed by atoms with van der Waals surface area (Å²) in [6, 6.07) is 13.5. The molecule has 0 spiro atoms. The molecule has 3 rings (SSSR count). The fourth-order valence-electron chi connectivity index (χ4n) is 2.34. The van der Waals surface area contributed by atoms with E-state index in [0.717, 1.165) is 29.4 Å². The summed E-state index contributed by atoms with van der Waals surface area (Å²) < 4.78 is 0. The van der Waals surface area contributed by atoms with E-state index in [0.29, 0.717) is 11.5 Å². The van der Waals surface area contributed by atoms with Crippen LogP contribution in [0, 0.1) is 0 Å². The number of hydrogen-bond donors (Lipinski definition) is 0. The molecule has 0 saturated carbocycles. The Hall–Kier alpha value is -2.49. The average molecular weight is 279 g/mol. The van der Waals surface area contributed by atoms with E-state index in [1.54, 1.807) is 4.80 Å². The van der Waals surface area contributed by atoms with E-state index in [4.69, 9.17) is 0 Å². The lowest BCUT2D eigenvalue weighted by molar-refractivity contribution is 0.112. The van der Waals surface area contributed by atoms with Gasteiger partial charge in [0.1, 0.15) is 11.0 Å². The van der Waals surface area contributed by atoms with Crippen molar-refractivity contribution in [3.05, 3.63) is 53.6 Å². The highest BCUT2D eigenvalue weighted by atomic mass is 16.1. The molecule has 0 aliphatic carbocycles. The molecular formula is C17H17N3O. The largest absolute Gasteiger partial charge is 0.298 e. The van der Waals surface area contributed by atoms with Crippen molar-refractivity contribution in [2.75, 3.05) is 0 Å². The van der Waals surface area contributed by atoms with E-state index in [9.17, 15) is 4.79 Å². The van der Waals surface area contributed by atoms with Crippen LogP contribution in [0.2, 0.25) is 0 Å². The van der Waals surface area contributed by atoms with Gasteiger partial charge in [-0.05, 0) is 42.2 Å². The van der Waals surface area contributed by atoms with Crippen LogP contribution < -0.4 is 0 Å².